The third-order valence-corrected chi connectivity index (χ3v) is 2.77. The molecule has 1 aromatic heterocycles. The molecule has 0 bridgehead atoms. The zero-order chi connectivity index (χ0) is 15.6. The molecular formula is C15H13F2NO3. The van der Waals surface area contributed by atoms with E-state index in [-0.39, 0.29) is 23.1 Å². The highest BCUT2D eigenvalue weighted by Gasteiger charge is 2.13. The van der Waals surface area contributed by atoms with Gasteiger partial charge < -0.3 is 9.84 Å². The highest BCUT2D eigenvalue weighted by molar-refractivity contribution is 5.88. The Morgan fingerprint density at radius 2 is 1.90 bits per heavy atom. The fourth-order valence-electron chi connectivity index (χ4n) is 1.66. The number of rotatable bonds is 4. The van der Waals surface area contributed by atoms with Crippen LogP contribution in [0.1, 0.15) is 35.8 Å². The molecule has 4 nitrogen and oxygen atoms in total. The van der Waals surface area contributed by atoms with Gasteiger partial charge in [-0.3, -0.25) is 0 Å². The molecule has 0 saturated heterocycles. The molecule has 1 aromatic carbocycles. The molecule has 0 unspecified atom stereocenters. The van der Waals surface area contributed by atoms with Crippen LogP contribution in [0.5, 0.6) is 11.6 Å². The van der Waals surface area contributed by atoms with Crippen LogP contribution in [0.15, 0.2) is 30.3 Å². The molecule has 0 amide bonds. The van der Waals surface area contributed by atoms with Crippen molar-refractivity contribution >= 4 is 5.97 Å². The van der Waals surface area contributed by atoms with Crippen LogP contribution in [0.2, 0.25) is 0 Å². The number of ether oxygens (including phenoxy) is 1. The molecule has 0 radical (unpaired) electrons. The maximum absolute atomic E-state index is 13.1. The van der Waals surface area contributed by atoms with Crippen molar-refractivity contribution in [3.05, 3.63) is 53.2 Å². The van der Waals surface area contributed by atoms with Gasteiger partial charge in [0.1, 0.15) is 5.75 Å². The van der Waals surface area contributed by atoms with Crippen molar-refractivity contribution in [2.24, 2.45) is 0 Å². The van der Waals surface area contributed by atoms with Crippen LogP contribution in [0.3, 0.4) is 0 Å². The fraction of sp³-hybridized carbons (Fsp3) is 0.200. The summed E-state index contributed by atoms with van der Waals surface area (Å²) >= 11 is 0. The first-order chi connectivity index (χ1) is 9.86. The number of carboxylic acids is 1. The summed E-state index contributed by atoms with van der Waals surface area (Å²) in [7, 11) is 0. The van der Waals surface area contributed by atoms with E-state index in [0.717, 1.165) is 12.1 Å². The molecule has 0 saturated carbocycles. The summed E-state index contributed by atoms with van der Waals surface area (Å²) in [5, 5.41) is 9.07. The van der Waals surface area contributed by atoms with Gasteiger partial charge in [0, 0.05) is 17.8 Å². The topological polar surface area (TPSA) is 59.4 Å². The second kappa shape index (κ2) is 5.87. The molecule has 110 valence electrons. The molecule has 0 aliphatic heterocycles. The Labute approximate surface area is 120 Å². The third kappa shape index (κ3) is 3.53. The molecule has 0 aliphatic rings. The van der Waals surface area contributed by atoms with E-state index in [2.05, 4.69) is 4.98 Å². The van der Waals surface area contributed by atoms with Crippen LogP contribution in [0.25, 0.3) is 0 Å². The molecule has 2 rings (SSSR count). The Kier molecular flexibility index (Phi) is 4.16. The molecule has 0 spiro atoms. The standard InChI is InChI=1S/C15H13F2NO3/c1-8(2)13-5-9(15(19)20)6-14(18-13)21-10-3-4-11(16)12(17)7-10/h3-8H,1-2H3,(H,19,20). The molecule has 0 atom stereocenters. The van der Waals surface area contributed by atoms with Crippen molar-refractivity contribution in [1.29, 1.82) is 0 Å². The second-order valence-corrected chi connectivity index (χ2v) is 4.76. The second-order valence-electron chi connectivity index (χ2n) is 4.76. The van der Waals surface area contributed by atoms with E-state index in [1.54, 1.807) is 0 Å². The van der Waals surface area contributed by atoms with Crippen molar-refractivity contribution in [1.82, 2.24) is 4.98 Å². The first-order valence-corrected chi connectivity index (χ1v) is 6.25. The average Bonchev–Trinajstić information content (AvgIpc) is 2.42. The average molecular weight is 293 g/mol. The van der Waals surface area contributed by atoms with E-state index in [9.17, 15) is 13.6 Å². The molecular weight excluding hydrogens is 280 g/mol. The lowest BCUT2D eigenvalue weighted by atomic mass is 10.1. The normalized spacial score (nSPS) is 10.7. The fourth-order valence-corrected chi connectivity index (χ4v) is 1.66. The maximum Gasteiger partial charge on any atom is 0.335 e. The van der Waals surface area contributed by atoms with Crippen LogP contribution >= 0.6 is 0 Å². The van der Waals surface area contributed by atoms with Gasteiger partial charge in [-0.05, 0) is 24.1 Å². The van der Waals surface area contributed by atoms with Crippen LogP contribution in [-0.2, 0) is 0 Å². The number of pyridine rings is 1. The number of nitrogens with zero attached hydrogens (tertiary/aromatic N) is 1. The lowest BCUT2D eigenvalue weighted by Crippen LogP contribution is -2.03. The molecule has 1 N–H and O–H groups in total. The predicted octanol–water partition coefficient (Wildman–Crippen LogP) is 3.97. The first kappa shape index (κ1) is 14.9. The first-order valence-electron chi connectivity index (χ1n) is 6.25. The van der Waals surface area contributed by atoms with Gasteiger partial charge in [-0.1, -0.05) is 13.8 Å². The zero-order valence-electron chi connectivity index (χ0n) is 11.4. The zero-order valence-corrected chi connectivity index (χ0v) is 11.4. The molecule has 6 heteroatoms. The van der Waals surface area contributed by atoms with Gasteiger partial charge in [-0.25, -0.2) is 18.6 Å². The Morgan fingerprint density at radius 1 is 1.19 bits per heavy atom. The summed E-state index contributed by atoms with van der Waals surface area (Å²) in [5.41, 5.74) is 0.554. The summed E-state index contributed by atoms with van der Waals surface area (Å²) in [5.74, 6) is -3.10. The Morgan fingerprint density at radius 3 is 2.48 bits per heavy atom. The van der Waals surface area contributed by atoms with E-state index >= 15 is 0 Å². The highest BCUT2D eigenvalue weighted by atomic mass is 19.2. The summed E-state index contributed by atoms with van der Waals surface area (Å²) in [4.78, 5) is 15.2. The molecule has 1 heterocycles. The molecule has 0 fully saturated rings. The highest BCUT2D eigenvalue weighted by Crippen LogP contribution is 2.25. The largest absolute Gasteiger partial charge is 0.478 e. The van der Waals surface area contributed by atoms with Crippen molar-refractivity contribution in [2.45, 2.75) is 19.8 Å². The van der Waals surface area contributed by atoms with E-state index in [1.165, 1.54) is 18.2 Å². The van der Waals surface area contributed by atoms with Gasteiger partial charge in [-0.15, -0.1) is 0 Å². The minimum Gasteiger partial charge on any atom is -0.478 e. The van der Waals surface area contributed by atoms with E-state index in [1.807, 2.05) is 13.8 Å². The summed E-state index contributed by atoms with van der Waals surface area (Å²) < 4.78 is 31.3. The molecule has 21 heavy (non-hydrogen) atoms. The smallest absolute Gasteiger partial charge is 0.335 e. The number of hydrogen-bond donors (Lipinski definition) is 1. The number of aromatic nitrogens is 1. The van der Waals surface area contributed by atoms with Gasteiger partial charge in [0.25, 0.3) is 0 Å². The SMILES string of the molecule is CC(C)c1cc(C(=O)O)cc(Oc2ccc(F)c(F)c2)n1. The van der Waals surface area contributed by atoms with Gasteiger partial charge in [0.2, 0.25) is 5.88 Å². The summed E-state index contributed by atoms with van der Waals surface area (Å²) in [6.45, 7) is 3.71. The maximum atomic E-state index is 13.1. The Bertz CT molecular complexity index is 687. The van der Waals surface area contributed by atoms with Crippen LogP contribution in [0.4, 0.5) is 8.78 Å². The Balaban J connectivity index is 2.38. The van der Waals surface area contributed by atoms with Crippen LogP contribution in [0, 0.1) is 11.6 Å². The Hall–Kier alpha value is -2.50. The van der Waals surface area contributed by atoms with Crippen molar-refractivity contribution in [3.63, 3.8) is 0 Å². The number of aromatic carboxylic acids is 1. The van der Waals surface area contributed by atoms with Crippen molar-refractivity contribution < 1.29 is 23.4 Å². The monoisotopic (exact) mass is 293 g/mol. The lowest BCUT2D eigenvalue weighted by molar-refractivity contribution is 0.0696. The number of benzene rings is 1. The van der Waals surface area contributed by atoms with E-state index < -0.39 is 17.6 Å². The van der Waals surface area contributed by atoms with Crippen molar-refractivity contribution in [3.8, 4) is 11.6 Å². The van der Waals surface area contributed by atoms with Crippen molar-refractivity contribution in [2.75, 3.05) is 0 Å². The predicted molar refractivity (Wildman–Crippen MR) is 71.7 cm³/mol. The van der Waals surface area contributed by atoms with E-state index in [4.69, 9.17) is 9.84 Å². The van der Waals surface area contributed by atoms with Gasteiger partial charge >= 0.3 is 5.97 Å². The number of carbonyl (C=O) groups is 1. The van der Waals surface area contributed by atoms with Crippen LogP contribution in [-0.4, -0.2) is 16.1 Å². The minimum absolute atomic E-state index is 0.00314. The van der Waals surface area contributed by atoms with Gasteiger partial charge in [0.15, 0.2) is 11.6 Å². The quantitative estimate of drug-likeness (QED) is 0.926. The van der Waals surface area contributed by atoms with Gasteiger partial charge in [-0.2, -0.15) is 0 Å². The number of carboxylic acid groups (broad SMARTS) is 1. The van der Waals surface area contributed by atoms with Gasteiger partial charge in [0.05, 0.1) is 5.56 Å². The van der Waals surface area contributed by atoms with E-state index in [0.29, 0.717) is 5.69 Å². The summed E-state index contributed by atoms with van der Waals surface area (Å²) in [6.07, 6.45) is 0. The molecule has 0 aliphatic carbocycles. The number of halogens is 2. The van der Waals surface area contributed by atoms with Crippen LogP contribution < -0.4 is 4.74 Å². The number of hydrogen-bond acceptors (Lipinski definition) is 3. The minimum atomic E-state index is -1.12. The summed E-state index contributed by atoms with van der Waals surface area (Å²) in [6, 6.07) is 5.72. The lowest BCUT2D eigenvalue weighted by Gasteiger charge is -2.10. The third-order valence-electron chi connectivity index (χ3n) is 2.77. The molecule has 2 aromatic rings.